The summed E-state index contributed by atoms with van der Waals surface area (Å²) >= 11 is 6.09. The molecule has 0 unspecified atom stereocenters. The Morgan fingerprint density at radius 3 is 2.76 bits per heavy atom. The third-order valence-corrected chi connectivity index (χ3v) is 2.88. The zero-order valence-electron chi connectivity index (χ0n) is 8.84. The van der Waals surface area contributed by atoms with Crippen LogP contribution in [0.25, 0.3) is 16.7 Å². The highest BCUT2D eigenvalue weighted by Gasteiger charge is 2.07. The Morgan fingerprint density at radius 1 is 1.12 bits per heavy atom. The van der Waals surface area contributed by atoms with Crippen molar-refractivity contribution in [3.05, 3.63) is 47.7 Å². The molecule has 17 heavy (non-hydrogen) atoms. The zero-order chi connectivity index (χ0) is 11.8. The lowest BCUT2D eigenvalue weighted by Gasteiger charge is -2.02. The molecule has 2 N–H and O–H groups in total. The van der Waals surface area contributed by atoms with Gasteiger partial charge in [0.05, 0.1) is 28.6 Å². The molecule has 0 amide bonds. The predicted octanol–water partition coefficient (Wildman–Crippen LogP) is 2.66. The van der Waals surface area contributed by atoms with E-state index in [1.807, 2.05) is 24.3 Å². The number of fused-ring (bicyclic) bond motifs is 1. The number of hydrogen-bond acceptors (Lipinski definition) is 3. The van der Waals surface area contributed by atoms with E-state index in [1.165, 1.54) is 0 Å². The van der Waals surface area contributed by atoms with Crippen molar-refractivity contribution in [3.63, 3.8) is 0 Å². The Bertz CT molecular complexity index is 673. The molecule has 1 aromatic carbocycles. The number of benzene rings is 1. The number of nitrogens with zero attached hydrogens (tertiary/aromatic N) is 3. The van der Waals surface area contributed by atoms with Crippen molar-refractivity contribution in [2.24, 2.45) is 0 Å². The van der Waals surface area contributed by atoms with Crippen molar-refractivity contribution < 1.29 is 0 Å². The number of anilines is 1. The average molecular weight is 245 g/mol. The summed E-state index contributed by atoms with van der Waals surface area (Å²) in [6.45, 7) is 0. The van der Waals surface area contributed by atoms with E-state index in [-0.39, 0.29) is 0 Å². The molecule has 0 saturated carbocycles. The first-order valence-corrected chi connectivity index (χ1v) is 5.47. The number of aromatic nitrogens is 3. The molecule has 4 nitrogen and oxygen atoms in total. The second kappa shape index (κ2) is 3.75. The lowest BCUT2D eigenvalue weighted by atomic mass is 10.2. The number of pyridine rings is 1. The molecule has 0 fully saturated rings. The molecule has 0 aliphatic carbocycles. The van der Waals surface area contributed by atoms with E-state index in [1.54, 1.807) is 23.1 Å². The first-order valence-electron chi connectivity index (χ1n) is 5.10. The van der Waals surface area contributed by atoms with Crippen LogP contribution in [0.15, 0.2) is 42.7 Å². The van der Waals surface area contributed by atoms with Crippen LogP contribution in [-0.4, -0.2) is 14.8 Å². The quantitative estimate of drug-likeness (QED) is 0.716. The van der Waals surface area contributed by atoms with Gasteiger partial charge in [0.25, 0.3) is 0 Å². The lowest BCUT2D eigenvalue weighted by molar-refractivity contribution is 0.875. The van der Waals surface area contributed by atoms with Crippen molar-refractivity contribution in [1.29, 1.82) is 0 Å². The Morgan fingerprint density at radius 2 is 2.00 bits per heavy atom. The van der Waals surface area contributed by atoms with Crippen LogP contribution < -0.4 is 5.73 Å². The van der Waals surface area contributed by atoms with E-state index in [4.69, 9.17) is 17.3 Å². The van der Waals surface area contributed by atoms with Gasteiger partial charge in [0.2, 0.25) is 0 Å². The van der Waals surface area contributed by atoms with Crippen LogP contribution in [0.2, 0.25) is 5.02 Å². The zero-order valence-corrected chi connectivity index (χ0v) is 9.59. The fourth-order valence-corrected chi connectivity index (χ4v) is 1.94. The molecule has 2 aromatic heterocycles. The Balaban J connectivity index is 2.24. The van der Waals surface area contributed by atoms with Crippen molar-refractivity contribution in [2.75, 3.05) is 5.73 Å². The van der Waals surface area contributed by atoms with Crippen molar-refractivity contribution in [3.8, 4) is 5.82 Å². The summed E-state index contributed by atoms with van der Waals surface area (Å²) in [4.78, 5) is 4.23. The van der Waals surface area contributed by atoms with Gasteiger partial charge in [-0.25, -0.2) is 9.67 Å². The second-order valence-electron chi connectivity index (χ2n) is 3.68. The van der Waals surface area contributed by atoms with Crippen LogP contribution in [0.5, 0.6) is 0 Å². The van der Waals surface area contributed by atoms with E-state index in [9.17, 15) is 0 Å². The Labute approximate surface area is 103 Å². The summed E-state index contributed by atoms with van der Waals surface area (Å²) < 4.78 is 1.74. The standard InChI is InChI=1S/C12H9ClN4/c13-10-2-1-3-11-9(10)7-16-17(11)12-5-4-8(14)6-15-12/h1-7H,14H2. The molecule has 0 bridgehead atoms. The molecule has 2 heterocycles. The number of rotatable bonds is 1. The molecular weight excluding hydrogens is 236 g/mol. The highest BCUT2D eigenvalue weighted by molar-refractivity contribution is 6.35. The maximum absolute atomic E-state index is 6.09. The van der Waals surface area contributed by atoms with Crippen molar-refractivity contribution in [2.45, 2.75) is 0 Å². The fraction of sp³-hybridized carbons (Fsp3) is 0. The Hall–Kier alpha value is -2.07. The summed E-state index contributed by atoms with van der Waals surface area (Å²) in [7, 11) is 0. The molecule has 0 atom stereocenters. The fourth-order valence-electron chi connectivity index (χ4n) is 1.72. The summed E-state index contributed by atoms with van der Waals surface area (Å²) in [5.74, 6) is 0.719. The number of nitrogens with two attached hydrogens (primary N) is 1. The predicted molar refractivity (Wildman–Crippen MR) is 68.3 cm³/mol. The van der Waals surface area contributed by atoms with Gasteiger partial charge < -0.3 is 5.73 Å². The SMILES string of the molecule is Nc1ccc(-n2ncc3c(Cl)cccc32)nc1. The Kier molecular flexibility index (Phi) is 2.23. The van der Waals surface area contributed by atoms with Crippen LogP contribution in [0, 0.1) is 0 Å². The summed E-state index contributed by atoms with van der Waals surface area (Å²) in [6.07, 6.45) is 3.34. The van der Waals surface area contributed by atoms with Crippen LogP contribution in [0.1, 0.15) is 0 Å². The molecular formula is C12H9ClN4. The monoisotopic (exact) mass is 244 g/mol. The van der Waals surface area contributed by atoms with Gasteiger partial charge in [-0.3, -0.25) is 0 Å². The van der Waals surface area contributed by atoms with Gasteiger partial charge >= 0.3 is 0 Å². The summed E-state index contributed by atoms with van der Waals surface area (Å²) in [5.41, 5.74) is 7.16. The topological polar surface area (TPSA) is 56.7 Å². The molecule has 0 spiro atoms. The molecule has 0 aliphatic heterocycles. The smallest absolute Gasteiger partial charge is 0.154 e. The number of halogens is 1. The first-order chi connectivity index (χ1) is 8.25. The number of hydrogen-bond donors (Lipinski definition) is 1. The lowest BCUT2D eigenvalue weighted by Crippen LogP contribution is -1.99. The minimum absolute atomic E-state index is 0.628. The van der Waals surface area contributed by atoms with Crippen LogP contribution in [0.3, 0.4) is 0 Å². The van der Waals surface area contributed by atoms with E-state index >= 15 is 0 Å². The van der Waals surface area contributed by atoms with Crippen LogP contribution in [0.4, 0.5) is 5.69 Å². The van der Waals surface area contributed by atoms with Crippen molar-refractivity contribution in [1.82, 2.24) is 14.8 Å². The van der Waals surface area contributed by atoms with Gasteiger partial charge in [-0.2, -0.15) is 5.10 Å². The normalized spacial score (nSPS) is 10.9. The van der Waals surface area contributed by atoms with Gasteiger partial charge in [0.15, 0.2) is 5.82 Å². The maximum Gasteiger partial charge on any atom is 0.154 e. The highest BCUT2D eigenvalue weighted by atomic mass is 35.5. The molecule has 5 heteroatoms. The van der Waals surface area contributed by atoms with E-state index < -0.39 is 0 Å². The van der Waals surface area contributed by atoms with Crippen LogP contribution in [-0.2, 0) is 0 Å². The van der Waals surface area contributed by atoms with Gasteiger partial charge in [0, 0.05) is 5.39 Å². The molecule has 0 aliphatic rings. The summed E-state index contributed by atoms with van der Waals surface area (Å²) in [6, 6.07) is 9.29. The van der Waals surface area contributed by atoms with E-state index in [2.05, 4.69) is 10.1 Å². The van der Waals surface area contributed by atoms with E-state index in [0.717, 1.165) is 16.7 Å². The van der Waals surface area contributed by atoms with Gasteiger partial charge in [-0.1, -0.05) is 17.7 Å². The largest absolute Gasteiger partial charge is 0.397 e. The average Bonchev–Trinajstić information content (AvgIpc) is 2.75. The third kappa shape index (κ3) is 1.62. The number of nitrogen functional groups attached to an aromatic ring is 1. The van der Waals surface area contributed by atoms with Gasteiger partial charge in [-0.05, 0) is 24.3 Å². The minimum atomic E-state index is 0.628. The highest BCUT2D eigenvalue weighted by Crippen LogP contribution is 2.24. The molecule has 84 valence electrons. The second-order valence-corrected chi connectivity index (χ2v) is 4.09. The molecule has 3 rings (SSSR count). The van der Waals surface area contributed by atoms with E-state index in [0.29, 0.717) is 10.7 Å². The maximum atomic E-state index is 6.09. The summed E-state index contributed by atoms with van der Waals surface area (Å²) in [5, 5.41) is 5.88. The minimum Gasteiger partial charge on any atom is -0.397 e. The van der Waals surface area contributed by atoms with Crippen molar-refractivity contribution >= 4 is 28.2 Å². The molecule has 0 saturated heterocycles. The van der Waals surface area contributed by atoms with Crippen LogP contribution >= 0.6 is 11.6 Å². The molecule has 3 aromatic rings. The first kappa shape index (κ1) is 10.1. The van der Waals surface area contributed by atoms with Gasteiger partial charge in [-0.15, -0.1) is 0 Å². The molecule has 0 radical (unpaired) electrons. The van der Waals surface area contributed by atoms with Gasteiger partial charge in [0.1, 0.15) is 0 Å². The third-order valence-electron chi connectivity index (χ3n) is 2.55.